The summed E-state index contributed by atoms with van der Waals surface area (Å²) >= 11 is 0. The van der Waals surface area contributed by atoms with Crippen LogP contribution < -0.4 is 10.2 Å². The number of nitrogens with zero attached hydrogens (tertiary/aromatic N) is 1. The van der Waals surface area contributed by atoms with Gasteiger partial charge in [0.2, 0.25) is 5.91 Å². The number of aryl methyl sites for hydroxylation is 2. The molecule has 0 fully saturated rings. The maximum Gasteiger partial charge on any atom is 0.340 e. The molecule has 0 aliphatic carbocycles. The second-order valence-electron chi connectivity index (χ2n) is 6.46. The third-order valence-corrected chi connectivity index (χ3v) is 4.46. The van der Waals surface area contributed by atoms with Crippen LogP contribution in [0.3, 0.4) is 0 Å². The van der Waals surface area contributed by atoms with Crippen molar-refractivity contribution in [2.24, 2.45) is 0 Å². The molecule has 0 heterocycles. The number of rotatable bonds is 7. The number of anilines is 1. The molecule has 0 aliphatic rings. The molecule has 0 saturated carbocycles. The highest BCUT2D eigenvalue weighted by Crippen LogP contribution is 2.21. The van der Waals surface area contributed by atoms with Gasteiger partial charge in [-0.05, 0) is 56.2 Å². The first-order valence-electron chi connectivity index (χ1n) is 9.24. The van der Waals surface area contributed by atoms with E-state index in [1.54, 1.807) is 37.3 Å². The number of benzene rings is 2. The van der Waals surface area contributed by atoms with Gasteiger partial charge in [0, 0.05) is 25.6 Å². The number of carbonyl (C=O) groups excluding carboxylic acids is 3. The molecule has 0 bridgehead atoms. The van der Waals surface area contributed by atoms with E-state index < -0.39 is 5.97 Å². The van der Waals surface area contributed by atoms with E-state index >= 15 is 0 Å². The summed E-state index contributed by atoms with van der Waals surface area (Å²) in [4.78, 5) is 38.2. The van der Waals surface area contributed by atoms with E-state index in [2.05, 4.69) is 5.32 Å². The van der Waals surface area contributed by atoms with Crippen molar-refractivity contribution in [1.82, 2.24) is 5.32 Å². The summed E-state index contributed by atoms with van der Waals surface area (Å²) in [6.07, 6.45) is 0. The van der Waals surface area contributed by atoms with Crippen molar-refractivity contribution in [3.63, 3.8) is 0 Å². The van der Waals surface area contributed by atoms with E-state index in [0.717, 1.165) is 11.1 Å². The lowest BCUT2D eigenvalue weighted by Gasteiger charge is -2.23. The monoisotopic (exact) mass is 382 g/mol. The molecule has 0 aliphatic heterocycles. The molecule has 0 radical (unpaired) electrons. The number of amides is 2. The van der Waals surface area contributed by atoms with Gasteiger partial charge in [-0.2, -0.15) is 0 Å². The first kappa shape index (κ1) is 21.2. The van der Waals surface area contributed by atoms with Crippen LogP contribution >= 0.6 is 0 Å². The minimum Gasteiger partial charge on any atom is -0.462 e. The number of nitrogens with one attached hydrogen (secondary N) is 1. The summed E-state index contributed by atoms with van der Waals surface area (Å²) in [6.45, 7) is 7.83. The largest absolute Gasteiger partial charge is 0.462 e. The predicted molar refractivity (Wildman–Crippen MR) is 109 cm³/mol. The number of hydrogen-bond donors (Lipinski definition) is 1. The van der Waals surface area contributed by atoms with Crippen molar-refractivity contribution in [2.75, 3.05) is 24.6 Å². The Morgan fingerprint density at radius 1 is 1.04 bits per heavy atom. The quantitative estimate of drug-likeness (QED) is 0.746. The first-order valence-corrected chi connectivity index (χ1v) is 9.24. The van der Waals surface area contributed by atoms with Crippen LogP contribution in [0, 0.1) is 13.8 Å². The minimum atomic E-state index is -0.483. The molecular weight excluding hydrogens is 356 g/mol. The molecule has 0 saturated heterocycles. The molecule has 2 rings (SSSR count). The molecule has 0 aromatic heterocycles. The lowest BCUT2D eigenvalue weighted by molar-refractivity contribution is -0.116. The summed E-state index contributed by atoms with van der Waals surface area (Å²) in [6, 6.07) is 12.3. The van der Waals surface area contributed by atoms with Gasteiger partial charge in [0.1, 0.15) is 0 Å². The van der Waals surface area contributed by atoms with Crippen LogP contribution in [0.15, 0.2) is 42.5 Å². The van der Waals surface area contributed by atoms with Gasteiger partial charge in [0.05, 0.1) is 17.9 Å². The molecule has 0 unspecified atom stereocenters. The van der Waals surface area contributed by atoms with Crippen LogP contribution in [0.5, 0.6) is 0 Å². The zero-order valence-electron chi connectivity index (χ0n) is 16.7. The topological polar surface area (TPSA) is 75.7 Å². The molecule has 6 nitrogen and oxygen atoms in total. The van der Waals surface area contributed by atoms with Gasteiger partial charge >= 0.3 is 5.97 Å². The fourth-order valence-electron chi connectivity index (χ4n) is 2.80. The lowest BCUT2D eigenvalue weighted by Crippen LogP contribution is -2.38. The summed E-state index contributed by atoms with van der Waals surface area (Å²) < 4.78 is 5.07. The van der Waals surface area contributed by atoms with Crippen LogP contribution in [0.25, 0.3) is 0 Å². The van der Waals surface area contributed by atoms with Crippen molar-refractivity contribution in [3.8, 4) is 0 Å². The van der Waals surface area contributed by atoms with Gasteiger partial charge in [-0.25, -0.2) is 4.79 Å². The molecule has 0 atom stereocenters. The molecule has 2 aromatic rings. The summed E-state index contributed by atoms with van der Waals surface area (Å²) in [7, 11) is 0. The Labute approximate surface area is 165 Å². The Balaban J connectivity index is 2.10. The Bertz CT molecular complexity index is 877. The van der Waals surface area contributed by atoms with Crippen LogP contribution in [-0.2, 0) is 9.53 Å². The van der Waals surface area contributed by atoms with Crippen LogP contribution in [0.4, 0.5) is 5.69 Å². The zero-order chi connectivity index (χ0) is 20.7. The van der Waals surface area contributed by atoms with Crippen molar-refractivity contribution in [1.29, 1.82) is 0 Å². The van der Waals surface area contributed by atoms with Crippen molar-refractivity contribution < 1.29 is 19.1 Å². The third-order valence-electron chi connectivity index (χ3n) is 4.46. The Morgan fingerprint density at radius 2 is 1.75 bits per heavy atom. The SMILES string of the molecule is CCOC(=O)c1ccccc1N(CCNC(=O)c1ccc(C)c(C)c1)C(C)=O. The Morgan fingerprint density at radius 3 is 2.39 bits per heavy atom. The highest BCUT2D eigenvalue weighted by atomic mass is 16.5. The lowest BCUT2D eigenvalue weighted by atomic mass is 10.1. The van der Waals surface area contributed by atoms with Gasteiger partial charge in [-0.1, -0.05) is 18.2 Å². The van der Waals surface area contributed by atoms with Gasteiger partial charge in [0.25, 0.3) is 5.91 Å². The second-order valence-corrected chi connectivity index (χ2v) is 6.46. The molecular formula is C22H26N2O4. The van der Waals surface area contributed by atoms with Gasteiger partial charge in [-0.15, -0.1) is 0 Å². The second kappa shape index (κ2) is 9.69. The fraction of sp³-hybridized carbons (Fsp3) is 0.318. The van der Waals surface area contributed by atoms with Gasteiger partial charge < -0.3 is 15.0 Å². The van der Waals surface area contributed by atoms with E-state index in [1.165, 1.54) is 11.8 Å². The van der Waals surface area contributed by atoms with Crippen LogP contribution in [0.2, 0.25) is 0 Å². The Hall–Kier alpha value is -3.15. The zero-order valence-corrected chi connectivity index (χ0v) is 16.7. The molecule has 0 spiro atoms. The van der Waals surface area contributed by atoms with E-state index in [-0.39, 0.29) is 31.5 Å². The third kappa shape index (κ3) is 5.19. The summed E-state index contributed by atoms with van der Waals surface area (Å²) in [5.74, 6) is -0.911. The van der Waals surface area contributed by atoms with Crippen LogP contribution in [0.1, 0.15) is 45.7 Å². The van der Waals surface area contributed by atoms with E-state index in [0.29, 0.717) is 16.8 Å². The number of carbonyl (C=O) groups is 3. The van der Waals surface area contributed by atoms with Crippen molar-refractivity contribution in [2.45, 2.75) is 27.7 Å². The van der Waals surface area contributed by atoms with Gasteiger partial charge in [-0.3, -0.25) is 9.59 Å². The smallest absolute Gasteiger partial charge is 0.340 e. The van der Waals surface area contributed by atoms with E-state index in [9.17, 15) is 14.4 Å². The number of hydrogen-bond acceptors (Lipinski definition) is 4. The fourth-order valence-corrected chi connectivity index (χ4v) is 2.80. The average molecular weight is 382 g/mol. The van der Waals surface area contributed by atoms with Crippen molar-refractivity contribution >= 4 is 23.5 Å². The molecule has 6 heteroatoms. The van der Waals surface area contributed by atoms with E-state index in [4.69, 9.17) is 4.74 Å². The van der Waals surface area contributed by atoms with Crippen LogP contribution in [-0.4, -0.2) is 37.5 Å². The number of esters is 1. The summed E-state index contributed by atoms with van der Waals surface area (Å²) in [5.41, 5.74) is 3.52. The summed E-state index contributed by atoms with van der Waals surface area (Å²) in [5, 5.41) is 2.83. The standard InChI is InChI=1S/C22H26N2O4/c1-5-28-22(27)19-8-6-7-9-20(19)24(17(4)25)13-12-23-21(26)18-11-10-15(2)16(3)14-18/h6-11,14H,5,12-13H2,1-4H3,(H,23,26). The Kier molecular flexibility index (Phi) is 7.32. The average Bonchev–Trinajstić information content (AvgIpc) is 2.67. The number of para-hydroxylation sites is 1. The molecule has 28 heavy (non-hydrogen) atoms. The maximum absolute atomic E-state index is 12.4. The number of ether oxygens (including phenoxy) is 1. The minimum absolute atomic E-state index is 0.203. The van der Waals surface area contributed by atoms with Gasteiger partial charge in [0.15, 0.2) is 0 Å². The van der Waals surface area contributed by atoms with Crippen molar-refractivity contribution in [3.05, 3.63) is 64.7 Å². The predicted octanol–water partition coefficient (Wildman–Crippen LogP) is 3.26. The molecule has 148 valence electrons. The first-order chi connectivity index (χ1) is 13.3. The highest BCUT2D eigenvalue weighted by Gasteiger charge is 2.20. The molecule has 2 aromatic carbocycles. The molecule has 1 N–H and O–H groups in total. The van der Waals surface area contributed by atoms with E-state index in [1.807, 2.05) is 26.0 Å². The highest BCUT2D eigenvalue weighted by molar-refractivity contribution is 6.02. The normalized spacial score (nSPS) is 10.3. The molecule has 2 amide bonds. The maximum atomic E-state index is 12.4.